The summed E-state index contributed by atoms with van der Waals surface area (Å²) in [4.78, 5) is 29.6. The molecule has 0 fully saturated rings. The van der Waals surface area contributed by atoms with Gasteiger partial charge in [0.2, 0.25) is 0 Å². The van der Waals surface area contributed by atoms with E-state index in [9.17, 15) is 9.59 Å². The van der Waals surface area contributed by atoms with Crippen molar-refractivity contribution in [3.8, 4) is 11.5 Å². The summed E-state index contributed by atoms with van der Waals surface area (Å²) in [7, 11) is -0.239. The lowest BCUT2D eigenvalue weighted by Crippen LogP contribution is -2.20. The van der Waals surface area contributed by atoms with Crippen LogP contribution < -0.4 is 4.74 Å². The minimum absolute atomic E-state index is 0.134. The molecular formula is C32H21O3S+. The van der Waals surface area contributed by atoms with Gasteiger partial charge in [-0.3, -0.25) is 9.59 Å². The van der Waals surface area contributed by atoms with Crippen LogP contribution in [-0.2, 0) is 10.9 Å². The van der Waals surface area contributed by atoms with Crippen molar-refractivity contribution in [2.45, 2.75) is 14.7 Å². The van der Waals surface area contributed by atoms with Crippen molar-refractivity contribution in [2.75, 3.05) is 0 Å². The fraction of sp³-hybridized carbons (Fsp3) is 0. The Morgan fingerprint density at radius 1 is 0.417 bits per heavy atom. The highest BCUT2D eigenvalue weighted by Gasteiger charge is 2.30. The molecular weight excluding hydrogens is 464 g/mol. The summed E-state index contributed by atoms with van der Waals surface area (Å²) in [5.41, 5.74) is 1.68. The van der Waals surface area contributed by atoms with E-state index < -0.39 is 0 Å². The Kier molecular flexibility index (Phi) is 5.72. The van der Waals surface area contributed by atoms with E-state index in [0.717, 1.165) is 0 Å². The van der Waals surface area contributed by atoms with Gasteiger partial charge in [-0.1, -0.05) is 60.7 Å². The summed E-state index contributed by atoms with van der Waals surface area (Å²) in [6.45, 7) is 0. The van der Waals surface area contributed by atoms with Crippen molar-refractivity contribution in [1.82, 2.24) is 0 Å². The zero-order valence-electron chi connectivity index (χ0n) is 19.3. The minimum Gasteiger partial charge on any atom is -0.457 e. The van der Waals surface area contributed by atoms with Crippen LogP contribution in [0.4, 0.5) is 0 Å². The van der Waals surface area contributed by atoms with E-state index in [0.29, 0.717) is 33.8 Å². The predicted octanol–water partition coefficient (Wildman–Crippen LogP) is 7.35. The van der Waals surface area contributed by atoms with Gasteiger partial charge in [0.25, 0.3) is 0 Å². The second-order valence-electron chi connectivity index (χ2n) is 8.42. The molecule has 0 unspecified atom stereocenters. The average molecular weight is 486 g/mol. The van der Waals surface area contributed by atoms with Crippen LogP contribution in [0.2, 0.25) is 0 Å². The van der Waals surface area contributed by atoms with Crippen LogP contribution in [0.5, 0.6) is 11.5 Å². The first-order valence-corrected chi connectivity index (χ1v) is 12.9. The number of rotatable bonds is 5. The Morgan fingerprint density at radius 2 is 0.861 bits per heavy atom. The Labute approximate surface area is 212 Å². The van der Waals surface area contributed by atoms with Crippen LogP contribution in [0.3, 0.4) is 0 Å². The summed E-state index contributed by atoms with van der Waals surface area (Å²) >= 11 is 0. The minimum atomic E-state index is -0.239. The molecule has 0 amide bonds. The van der Waals surface area contributed by atoms with Gasteiger partial charge in [0, 0.05) is 22.3 Å². The first-order chi connectivity index (χ1) is 17.7. The van der Waals surface area contributed by atoms with Crippen molar-refractivity contribution in [2.24, 2.45) is 0 Å². The monoisotopic (exact) mass is 485 g/mol. The van der Waals surface area contributed by atoms with E-state index in [4.69, 9.17) is 4.74 Å². The number of ether oxygens (including phenoxy) is 1. The highest BCUT2D eigenvalue weighted by molar-refractivity contribution is 7.97. The largest absolute Gasteiger partial charge is 0.457 e. The zero-order valence-corrected chi connectivity index (χ0v) is 20.1. The molecule has 0 radical (unpaired) electrons. The lowest BCUT2D eigenvalue weighted by molar-refractivity contribution is 0.0979. The molecule has 3 nitrogen and oxygen atoms in total. The van der Waals surface area contributed by atoms with Gasteiger partial charge in [0.1, 0.15) is 11.5 Å². The third kappa shape index (κ3) is 4.02. The van der Waals surface area contributed by atoms with E-state index in [1.54, 1.807) is 42.5 Å². The van der Waals surface area contributed by atoms with E-state index in [1.165, 1.54) is 14.7 Å². The standard InChI is InChI=1S/C32H21O3S/c33-31-27-13-7-8-14-28(27)32(34)30-21-23(17-20-29(30)31)35-22-15-18-26(19-16-22)36(24-9-3-1-4-10-24)25-11-5-2-6-12-25/h1-21H/q+1. The highest BCUT2D eigenvalue weighted by atomic mass is 32.2. The van der Waals surface area contributed by atoms with Gasteiger partial charge in [-0.05, 0) is 66.7 Å². The number of fused-ring (bicyclic) bond motifs is 2. The summed E-state index contributed by atoms with van der Waals surface area (Å²) in [6, 6.07) is 41.0. The van der Waals surface area contributed by atoms with Crippen molar-refractivity contribution < 1.29 is 14.3 Å². The molecule has 5 aromatic rings. The van der Waals surface area contributed by atoms with Crippen LogP contribution in [-0.4, -0.2) is 11.6 Å². The third-order valence-electron chi connectivity index (χ3n) is 6.15. The average Bonchev–Trinajstić information content (AvgIpc) is 2.94. The zero-order chi connectivity index (χ0) is 24.5. The molecule has 0 heterocycles. The number of carbonyl (C=O) groups excluding carboxylic acids is 2. The molecule has 1 aliphatic carbocycles. The molecule has 0 aromatic heterocycles. The quantitative estimate of drug-likeness (QED) is 0.240. The smallest absolute Gasteiger partial charge is 0.194 e. The molecule has 0 saturated carbocycles. The normalized spacial score (nSPS) is 12.2. The summed E-state index contributed by atoms with van der Waals surface area (Å²) in [5.74, 6) is 0.895. The number of carbonyl (C=O) groups is 2. The van der Waals surface area contributed by atoms with Crippen LogP contribution in [0.15, 0.2) is 142 Å². The van der Waals surface area contributed by atoms with Crippen molar-refractivity contribution in [3.63, 3.8) is 0 Å². The van der Waals surface area contributed by atoms with E-state index in [1.807, 2.05) is 24.3 Å². The molecule has 0 spiro atoms. The Bertz CT molecular complexity index is 1540. The second kappa shape index (κ2) is 9.33. The van der Waals surface area contributed by atoms with Gasteiger partial charge in [-0.2, -0.15) is 0 Å². The van der Waals surface area contributed by atoms with E-state index >= 15 is 0 Å². The maximum absolute atomic E-state index is 13.0. The maximum Gasteiger partial charge on any atom is 0.194 e. The molecule has 0 bridgehead atoms. The van der Waals surface area contributed by atoms with Gasteiger partial charge in [0.15, 0.2) is 26.3 Å². The molecule has 5 aromatic carbocycles. The molecule has 4 heteroatoms. The lowest BCUT2D eigenvalue weighted by Gasteiger charge is -2.18. The fourth-order valence-electron chi connectivity index (χ4n) is 4.44. The maximum atomic E-state index is 13.0. The van der Waals surface area contributed by atoms with Crippen molar-refractivity contribution in [1.29, 1.82) is 0 Å². The number of hydrogen-bond donors (Lipinski definition) is 0. The third-order valence-corrected chi connectivity index (χ3v) is 8.38. The van der Waals surface area contributed by atoms with Gasteiger partial charge in [0.05, 0.1) is 10.9 Å². The van der Waals surface area contributed by atoms with Crippen molar-refractivity contribution in [3.05, 3.63) is 150 Å². The molecule has 36 heavy (non-hydrogen) atoms. The Hall–Kier alpha value is -4.41. The fourth-order valence-corrected chi connectivity index (χ4v) is 6.53. The first kappa shape index (κ1) is 22.1. The topological polar surface area (TPSA) is 43.4 Å². The van der Waals surface area contributed by atoms with Crippen molar-refractivity contribution >= 4 is 22.5 Å². The van der Waals surface area contributed by atoms with Crippen LogP contribution in [0.1, 0.15) is 31.8 Å². The highest BCUT2D eigenvalue weighted by Crippen LogP contribution is 2.34. The molecule has 0 atom stereocenters. The van der Waals surface area contributed by atoms with Crippen LogP contribution in [0.25, 0.3) is 0 Å². The Balaban J connectivity index is 1.29. The molecule has 0 saturated heterocycles. The summed E-state index contributed by atoms with van der Waals surface area (Å²) < 4.78 is 6.10. The van der Waals surface area contributed by atoms with Gasteiger partial charge < -0.3 is 4.74 Å². The van der Waals surface area contributed by atoms with Gasteiger partial charge in [-0.25, -0.2) is 0 Å². The van der Waals surface area contributed by atoms with E-state index in [2.05, 4.69) is 60.7 Å². The van der Waals surface area contributed by atoms with Gasteiger partial charge in [-0.15, -0.1) is 0 Å². The molecule has 172 valence electrons. The van der Waals surface area contributed by atoms with Gasteiger partial charge >= 0.3 is 0 Å². The predicted molar refractivity (Wildman–Crippen MR) is 141 cm³/mol. The lowest BCUT2D eigenvalue weighted by atomic mass is 9.84. The number of ketones is 2. The second-order valence-corrected chi connectivity index (χ2v) is 10.4. The molecule has 0 N–H and O–H groups in total. The molecule has 6 rings (SSSR count). The SMILES string of the molecule is O=C1c2ccccc2C(=O)c2cc(Oc3ccc([S+](c4ccccc4)c4ccccc4)cc3)ccc21. The summed E-state index contributed by atoms with van der Waals surface area (Å²) in [5, 5.41) is 0. The van der Waals surface area contributed by atoms with Crippen LogP contribution in [0, 0.1) is 0 Å². The van der Waals surface area contributed by atoms with E-state index in [-0.39, 0.29) is 22.5 Å². The van der Waals surface area contributed by atoms with Crippen LogP contribution >= 0.6 is 0 Å². The Morgan fingerprint density at radius 3 is 1.44 bits per heavy atom. The number of hydrogen-bond acceptors (Lipinski definition) is 3. The summed E-state index contributed by atoms with van der Waals surface area (Å²) in [6.07, 6.45) is 0. The molecule has 1 aliphatic rings. The first-order valence-electron chi connectivity index (χ1n) is 11.6. The number of benzene rings is 5. The molecule has 0 aliphatic heterocycles.